The average Bonchev–Trinajstić information content (AvgIpc) is 2.58. The van der Waals surface area contributed by atoms with Crippen molar-refractivity contribution in [3.05, 3.63) is 18.2 Å². The number of sulfonamides is 1. The Kier molecular flexibility index (Phi) is 5.93. The van der Waals surface area contributed by atoms with Gasteiger partial charge in [-0.1, -0.05) is 0 Å². The zero-order valence-electron chi connectivity index (χ0n) is 14.3. The molecule has 1 aromatic carbocycles. The molecule has 0 aliphatic carbocycles. The van der Waals surface area contributed by atoms with E-state index in [2.05, 4.69) is 0 Å². The van der Waals surface area contributed by atoms with Gasteiger partial charge in [0.1, 0.15) is 6.54 Å². The molecule has 0 aromatic heterocycles. The Hall–Kier alpha value is -1.96. The number of methoxy groups -OCH3 is 2. The minimum absolute atomic E-state index is 0.185. The first kappa shape index (κ1) is 18.4. The summed E-state index contributed by atoms with van der Waals surface area (Å²) in [5.74, 6) is 0.723. The third kappa shape index (κ3) is 4.31. The molecule has 1 aromatic rings. The number of ether oxygens (including phenoxy) is 2. The van der Waals surface area contributed by atoms with Crippen molar-refractivity contribution < 1.29 is 22.7 Å². The second-order valence-electron chi connectivity index (χ2n) is 5.75. The summed E-state index contributed by atoms with van der Waals surface area (Å²) in [7, 11) is -0.624. The Labute approximate surface area is 143 Å². The lowest BCUT2D eigenvalue weighted by atomic mass is 10.1. The summed E-state index contributed by atoms with van der Waals surface area (Å²) >= 11 is 0. The molecule has 1 amide bonds. The van der Waals surface area contributed by atoms with Gasteiger partial charge in [-0.25, -0.2) is 8.42 Å². The van der Waals surface area contributed by atoms with E-state index >= 15 is 0 Å². The predicted octanol–water partition coefficient (Wildman–Crippen LogP) is 1.48. The van der Waals surface area contributed by atoms with Crippen molar-refractivity contribution in [1.29, 1.82) is 0 Å². The van der Waals surface area contributed by atoms with Gasteiger partial charge in [0.15, 0.2) is 11.5 Å². The number of anilines is 1. The number of carbonyl (C=O) groups excluding carboxylic acids is 1. The van der Waals surface area contributed by atoms with Crippen molar-refractivity contribution in [1.82, 2.24) is 4.90 Å². The highest BCUT2D eigenvalue weighted by molar-refractivity contribution is 7.92. The molecule has 0 unspecified atom stereocenters. The standard InChI is InChI=1S/C16H24N2O5S/c1-22-14-8-7-13(11-15(14)23-2)18(24(3,20)21)12-16(19)17-9-5-4-6-10-17/h7-8,11H,4-6,9-10,12H2,1-3H3. The summed E-state index contributed by atoms with van der Waals surface area (Å²) in [4.78, 5) is 14.2. The van der Waals surface area contributed by atoms with E-state index in [1.165, 1.54) is 14.2 Å². The van der Waals surface area contributed by atoms with Gasteiger partial charge in [0.25, 0.3) is 0 Å². The highest BCUT2D eigenvalue weighted by atomic mass is 32.2. The van der Waals surface area contributed by atoms with Crippen LogP contribution >= 0.6 is 0 Å². The fraction of sp³-hybridized carbons (Fsp3) is 0.562. The maximum atomic E-state index is 12.5. The summed E-state index contributed by atoms with van der Waals surface area (Å²) in [6.45, 7) is 1.15. The molecule has 134 valence electrons. The van der Waals surface area contributed by atoms with E-state index < -0.39 is 10.0 Å². The van der Waals surface area contributed by atoms with E-state index in [0.29, 0.717) is 30.3 Å². The summed E-state index contributed by atoms with van der Waals surface area (Å²) in [6.07, 6.45) is 4.12. The van der Waals surface area contributed by atoms with Crippen LogP contribution in [0.2, 0.25) is 0 Å². The molecule has 0 radical (unpaired) electrons. The van der Waals surface area contributed by atoms with Crippen LogP contribution in [-0.4, -0.2) is 59.3 Å². The fourth-order valence-electron chi connectivity index (χ4n) is 2.75. The van der Waals surface area contributed by atoms with Crippen molar-refractivity contribution >= 4 is 21.6 Å². The Morgan fingerprint density at radius 1 is 1.12 bits per heavy atom. The Morgan fingerprint density at radius 3 is 2.29 bits per heavy atom. The van der Waals surface area contributed by atoms with Crippen LogP contribution in [0.15, 0.2) is 18.2 Å². The number of nitrogens with zero attached hydrogens (tertiary/aromatic N) is 2. The molecule has 1 aliphatic rings. The zero-order valence-corrected chi connectivity index (χ0v) is 15.1. The summed E-state index contributed by atoms with van der Waals surface area (Å²) in [5.41, 5.74) is 0.375. The van der Waals surface area contributed by atoms with Gasteiger partial charge < -0.3 is 14.4 Å². The third-order valence-electron chi connectivity index (χ3n) is 4.04. The lowest BCUT2D eigenvalue weighted by Gasteiger charge is -2.30. The topological polar surface area (TPSA) is 76.2 Å². The molecular formula is C16H24N2O5S. The van der Waals surface area contributed by atoms with Gasteiger partial charge in [-0.2, -0.15) is 0 Å². The molecule has 0 N–H and O–H groups in total. The van der Waals surface area contributed by atoms with Crippen molar-refractivity contribution in [3.8, 4) is 11.5 Å². The predicted molar refractivity (Wildman–Crippen MR) is 92.2 cm³/mol. The second-order valence-corrected chi connectivity index (χ2v) is 7.66. The smallest absolute Gasteiger partial charge is 0.243 e. The van der Waals surface area contributed by atoms with Crippen LogP contribution in [0, 0.1) is 0 Å². The molecule has 0 spiro atoms. The van der Waals surface area contributed by atoms with Gasteiger partial charge >= 0.3 is 0 Å². The summed E-state index contributed by atoms with van der Waals surface area (Å²) in [6, 6.07) is 4.78. The van der Waals surface area contributed by atoms with E-state index in [9.17, 15) is 13.2 Å². The quantitative estimate of drug-likeness (QED) is 0.772. The maximum Gasteiger partial charge on any atom is 0.243 e. The number of rotatable bonds is 6. The highest BCUT2D eigenvalue weighted by Gasteiger charge is 2.25. The van der Waals surface area contributed by atoms with E-state index in [-0.39, 0.29) is 12.5 Å². The third-order valence-corrected chi connectivity index (χ3v) is 5.18. The van der Waals surface area contributed by atoms with E-state index in [4.69, 9.17) is 9.47 Å². The van der Waals surface area contributed by atoms with Crippen molar-refractivity contribution in [2.75, 3.05) is 44.4 Å². The van der Waals surface area contributed by atoms with Gasteiger partial charge in [-0.05, 0) is 31.4 Å². The van der Waals surface area contributed by atoms with Gasteiger partial charge in [-0.3, -0.25) is 9.10 Å². The minimum Gasteiger partial charge on any atom is -0.493 e. The molecule has 7 nitrogen and oxygen atoms in total. The molecule has 24 heavy (non-hydrogen) atoms. The number of benzene rings is 1. The molecule has 1 saturated heterocycles. The van der Waals surface area contributed by atoms with Crippen LogP contribution in [0.3, 0.4) is 0 Å². The number of likely N-dealkylation sites (tertiary alicyclic amines) is 1. The van der Waals surface area contributed by atoms with Crippen LogP contribution in [0.25, 0.3) is 0 Å². The first-order valence-corrected chi connectivity index (χ1v) is 9.69. The SMILES string of the molecule is COc1ccc(N(CC(=O)N2CCCCC2)S(C)(=O)=O)cc1OC. The van der Waals surface area contributed by atoms with Crippen LogP contribution in [0.5, 0.6) is 11.5 Å². The molecule has 0 atom stereocenters. The molecule has 1 aliphatic heterocycles. The van der Waals surface area contributed by atoms with Crippen LogP contribution in [0.1, 0.15) is 19.3 Å². The number of hydrogen-bond donors (Lipinski definition) is 0. The maximum absolute atomic E-state index is 12.5. The van der Waals surface area contributed by atoms with E-state index in [0.717, 1.165) is 29.8 Å². The van der Waals surface area contributed by atoms with Crippen molar-refractivity contribution in [2.45, 2.75) is 19.3 Å². The van der Waals surface area contributed by atoms with Gasteiger partial charge in [-0.15, -0.1) is 0 Å². The average molecular weight is 356 g/mol. The number of piperidine rings is 1. The fourth-order valence-corrected chi connectivity index (χ4v) is 3.59. The normalized spacial score (nSPS) is 15.0. The molecule has 0 saturated carbocycles. The Balaban J connectivity index is 2.27. The minimum atomic E-state index is -3.61. The molecule has 8 heteroatoms. The molecule has 0 bridgehead atoms. The monoisotopic (exact) mass is 356 g/mol. The van der Waals surface area contributed by atoms with Gasteiger partial charge in [0.05, 0.1) is 26.2 Å². The second kappa shape index (κ2) is 7.74. The number of hydrogen-bond acceptors (Lipinski definition) is 5. The Bertz CT molecular complexity index is 684. The van der Waals surface area contributed by atoms with E-state index in [1.807, 2.05) is 0 Å². The number of carbonyl (C=O) groups is 1. The summed E-state index contributed by atoms with van der Waals surface area (Å²) in [5, 5.41) is 0. The highest BCUT2D eigenvalue weighted by Crippen LogP contribution is 2.32. The van der Waals surface area contributed by atoms with Gasteiger partial charge in [0.2, 0.25) is 15.9 Å². The lowest BCUT2D eigenvalue weighted by Crippen LogP contribution is -2.44. The first-order chi connectivity index (χ1) is 11.4. The van der Waals surface area contributed by atoms with E-state index in [1.54, 1.807) is 23.1 Å². The largest absolute Gasteiger partial charge is 0.493 e. The zero-order chi connectivity index (χ0) is 17.7. The van der Waals surface area contributed by atoms with Crippen LogP contribution < -0.4 is 13.8 Å². The van der Waals surface area contributed by atoms with Crippen molar-refractivity contribution in [2.24, 2.45) is 0 Å². The summed E-state index contributed by atoms with van der Waals surface area (Å²) < 4.78 is 35.9. The molecular weight excluding hydrogens is 332 g/mol. The Morgan fingerprint density at radius 2 is 1.75 bits per heavy atom. The lowest BCUT2D eigenvalue weighted by molar-refractivity contribution is -0.130. The first-order valence-electron chi connectivity index (χ1n) is 7.84. The molecule has 2 rings (SSSR count). The van der Waals surface area contributed by atoms with Crippen LogP contribution in [0.4, 0.5) is 5.69 Å². The van der Waals surface area contributed by atoms with Crippen molar-refractivity contribution in [3.63, 3.8) is 0 Å². The molecule has 1 fully saturated rings. The van der Waals surface area contributed by atoms with Gasteiger partial charge in [0, 0.05) is 19.2 Å². The van der Waals surface area contributed by atoms with Crippen LogP contribution in [-0.2, 0) is 14.8 Å². The number of amides is 1. The molecule has 1 heterocycles.